The number of hydrogen-bond acceptors (Lipinski definition) is 2. The second-order valence-electron chi connectivity index (χ2n) is 6.28. The topological polar surface area (TPSA) is 38.3 Å². The molecule has 3 nitrogen and oxygen atoms in total. The van der Waals surface area contributed by atoms with Gasteiger partial charge in [0, 0.05) is 6.42 Å². The molecule has 2 aliphatic rings. The summed E-state index contributed by atoms with van der Waals surface area (Å²) in [5.74, 6) is 0.368. The molecular weight excluding hydrogens is 274 g/mol. The maximum absolute atomic E-state index is 12.0. The Labute approximate surface area is 130 Å². The van der Waals surface area contributed by atoms with Gasteiger partial charge >= 0.3 is 0 Å². The monoisotopic (exact) mass is 293 g/mol. The van der Waals surface area contributed by atoms with Gasteiger partial charge in [0.25, 0.3) is 0 Å². The highest BCUT2D eigenvalue weighted by Crippen LogP contribution is 2.51. The molecule has 2 fully saturated rings. The zero-order valence-electron chi connectivity index (χ0n) is 12.5. The fourth-order valence-electron chi connectivity index (χ4n) is 3.82. The molecular formula is C19H19NO2. The van der Waals surface area contributed by atoms with E-state index in [1.807, 2.05) is 36.4 Å². The number of amides is 1. The molecule has 2 aromatic rings. The van der Waals surface area contributed by atoms with Crippen molar-refractivity contribution >= 4 is 5.91 Å². The molecule has 3 heteroatoms. The first-order chi connectivity index (χ1) is 10.7. The molecule has 112 valence electrons. The van der Waals surface area contributed by atoms with Crippen molar-refractivity contribution in [3.05, 3.63) is 71.8 Å². The summed E-state index contributed by atoms with van der Waals surface area (Å²) in [7, 11) is 0. The molecule has 0 bridgehead atoms. The normalized spacial score (nSPS) is 29.1. The van der Waals surface area contributed by atoms with Crippen LogP contribution < -0.4 is 5.32 Å². The van der Waals surface area contributed by atoms with Crippen LogP contribution in [0.1, 0.15) is 24.5 Å². The van der Waals surface area contributed by atoms with Crippen LogP contribution in [0.15, 0.2) is 60.7 Å². The summed E-state index contributed by atoms with van der Waals surface area (Å²) in [5, 5.41) is 3.17. The first kappa shape index (κ1) is 13.5. The zero-order valence-corrected chi connectivity index (χ0v) is 12.5. The van der Waals surface area contributed by atoms with E-state index >= 15 is 0 Å². The lowest BCUT2D eigenvalue weighted by Gasteiger charge is -2.59. The molecule has 0 unspecified atom stereocenters. The minimum Gasteiger partial charge on any atom is -0.357 e. The number of ether oxygens (including phenoxy) is 1. The number of fused-ring (bicyclic) bond motifs is 1. The van der Waals surface area contributed by atoms with E-state index in [0.29, 0.717) is 6.42 Å². The maximum atomic E-state index is 12.0. The number of rotatable bonds is 2. The summed E-state index contributed by atoms with van der Waals surface area (Å²) in [6.45, 7) is 2.09. The number of nitrogens with one attached hydrogen (secondary N) is 1. The summed E-state index contributed by atoms with van der Waals surface area (Å²) in [4.78, 5) is 12.0. The smallest absolute Gasteiger partial charge is 0.220 e. The molecule has 2 saturated heterocycles. The van der Waals surface area contributed by atoms with Crippen LogP contribution in [-0.4, -0.2) is 18.1 Å². The Balaban J connectivity index is 1.84. The Morgan fingerprint density at radius 1 is 1.00 bits per heavy atom. The molecule has 22 heavy (non-hydrogen) atoms. The van der Waals surface area contributed by atoms with Gasteiger partial charge < -0.3 is 10.1 Å². The predicted octanol–water partition coefficient (Wildman–Crippen LogP) is 2.85. The van der Waals surface area contributed by atoms with Crippen molar-refractivity contribution in [2.24, 2.45) is 5.92 Å². The third-order valence-corrected chi connectivity index (χ3v) is 4.88. The summed E-state index contributed by atoms with van der Waals surface area (Å²) < 4.78 is 6.45. The van der Waals surface area contributed by atoms with Gasteiger partial charge in [0.05, 0.1) is 12.1 Å². The molecule has 2 aromatic carbocycles. The van der Waals surface area contributed by atoms with Gasteiger partial charge in [-0.05, 0) is 17.0 Å². The molecule has 0 spiro atoms. The zero-order chi connectivity index (χ0) is 15.2. The van der Waals surface area contributed by atoms with Crippen LogP contribution in [0, 0.1) is 5.92 Å². The molecule has 2 aliphatic heterocycles. The van der Waals surface area contributed by atoms with E-state index in [0.717, 1.165) is 11.1 Å². The second kappa shape index (κ2) is 4.96. The number of hydrogen-bond donors (Lipinski definition) is 1. The Morgan fingerprint density at radius 2 is 1.55 bits per heavy atom. The fraction of sp³-hybridized carbons (Fsp3) is 0.316. The fourth-order valence-corrected chi connectivity index (χ4v) is 3.82. The van der Waals surface area contributed by atoms with Gasteiger partial charge in [-0.15, -0.1) is 0 Å². The highest BCUT2D eigenvalue weighted by atomic mass is 16.5. The Bertz CT molecular complexity index is 644. The summed E-state index contributed by atoms with van der Waals surface area (Å²) in [6, 6.07) is 20.4. The summed E-state index contributed by atoms with van der Waals surface area (Å²) in [5.41, 5.74) is 1.62. The lowest BCUT2D eigenvalue weighted by Crippen LogP contribution is -2.73. The Morgan fingerprint density at radius 3 is 2.09 bits per heavy atom. The van der Waals surface area contributed by atoms with Crippen LogP contribution in [0.5, 0.6) is 0 Å². The first-order valence-corrected chi connectivity index (χ1v) is 7.80. The Hall–Kier alpha value is -2.13. The van der Waals surface area contributed by atoms with Gasteiger partial charge in [0.2, 0.25) is 5.91 Å². The second-order valence-corrected chi connectivity index (χ2v) is 6.28. The average molecular weight is 293 g/mol. The van der Waals surface area contributed by atoms with Gasteiger partial charge in [-0.1, -0.05) is 67.6 Å². The number of piperidine rings is 1. The standard InChI is InChI=1S/C19H19NO2/c1-13-12-16(21)20-18-17(13)22-19(18,14-8-4-2-5-9-14)15-10-6-3-7-11-15/h2-11,13,17-18H,12H2,1H3,(H,20,21)/t13-,17+,18-/m1/s1. The molecule has 0 radical (unpaired) electrons. The van der Waals surface area contributed by atoms with Crippen molar-refractivity contribution in [2.75, 3.05) is 0 Å². The maximum Gasteiger partial charge on any atom is 0.220 e. The van der Waals surface area contributed by atoms with E-state index in [1.165, 1.54) is 0 Å². The van der Waals surface area contributed by atoms with Crippen molar-refractivity contribution in [1.29, 1.82) is 0 Å². The number of carbonyl (C=O) groups is 1. The number of benzene rings is 2. The molecule has 1 N–H and O–H groups in total. The third kappa shape index (κ3) is 1.82. The van der Waals surface area contributed by atoms with Crippen LogP contribution in [-0.2, 0) is 15.1 Å². The van der Waals surface area contributed by atoms with Crippen LogP contribution >= 0.6 is 0 Å². The average Bonchev–Trinajstić information content (AvgIpc) is 2.53. The van der Waals surface area contributed by atoms with Gasteiger partial charge in [-0.25, -0.2) is 0 Å². The third-order valence-electron chi connectivity index (χ3n) is 4.88. The first-order valence-electron chi connectivity index (χ1n) is 7.80. The van der Waals surface area contributed by atoms with E-state index in [9.17, 15) is 4.79 Å². The van der Waals surface area contributed by atoms with Crippen molar-refractivity contribution in [3.8, 4) is 0 Å². The molecule has 0 aliphatic carbocycles. The van der Waals surface area contributed by atoms with Crippen LogP contribution in [0.25, 0.3) is 0 Å². The van der Waals surface area contributed by atoms with E-state index in [-0.39, 0.29) is 24.0 Å². The van der Waals surface area contributed by atoms with E-state index in [1.54, 1.807) is 0 Å². The van der Waals surface area contributed by atoms with Crippen molar-refractivity contribution in [3.63, 3.8) is 0 Å². The van der Waals surface area contributed by atoms with Crippen LogP contribution in [0.2, 0.25) is 0 Å². The lowest BCUT2D eigenvalue weighted by molar-refractivity contribution is -0.244. The van der Waals surface area contributed by atoms with Crippen molar-refractivity contribution in [1.82, 2.24) is 5.32 Å². The van der Waals surface area contributed by atoms with Gasteiger partial charge in [-0.2, -0.15) is 0 Å². The molecule has 1 amide bonds. The van der Waals surface area contributed by atoms with E-state index in [4.69, 9.17) is 4.74 Å². The molecule has 3 atom stereocenters. The van der Waals surface area contributed by atoms with Crippen LogP contribution in [0.3, 0.4) is 0 Å². The highest BCUT2D eigenvalue weighted by molar-refractivity contribution is 5.78. The molecule has 0 aromatic heterocycles. The van der Waals surface area contributed by atoms with E-state index < -0.39 is 5.60 Å². The predicted molar refractivity (Wildman–Crippen MR) is 84.2 cm³/mol. The SMILES string of the molecule is C[C@@H]1CC(=O)N[C@@H]2[C@H]1OC2(c1ccccc1)c1ccccc1. The lowest BCUT2D eigenvalue weighted by atomic mass is 9.68. The van der Waals surface area contributed by atoms with Gasteiger partial charge in [0.15, 0.2) is 0 Å². The molecule has 2 heterocycles. The number of carbonyl (C=O) groups excluding carboxylic acids is 1. The highest BCUT2D eigenvalue weighted by Gasteiger charge is 2.61. The molecule has 4 rings (SSSR count). The van der Waals surface area contributed by atoms with Crippen molar-refractivity contribution < 1.29 is 9.53 Å². The summed E-state index contributed by atoms with van der Waals surface area (Å²) in [6.07, 6.45) is 0.624. The van der Waals surface area contributed by atoms with Gasteiger partial charge in [-0.3, -0.25) is 4.79 Å². The van der Waals surface area contributed by atoms with Crippen molar-refractivity contribution in [2.45, 2.75) is 31.1 Å². The van der Waals surface area contributed by atoms with Crippen LogP contribution in [0.4, 0.5) is 0 Å². The summed E-state index contributed by atoms with van der Waals surface area (Å²) >= 11 is 0. The minimum atomic E-state index is -0.572. The van der Waals surface area contributed by atoms with E-state index in [2.05, 4.69) is 36.5 Å². The van der Waals surface area contributed by atoms with Gasteiger partial charge in [0.1, 0.15) is 5.60 Å². The largest absolute Gasteiger partial charge is 0.357 e. The molecule has 0 saturated carbocycles. The minimum absolute atomic E-state index is 0.00597. The Kier molecular flexibility index (Phi) is 3.05. The quantitative estimate of drug-likeness (QED) is 0.924.